The molecule has 3 aromatic carbocycles. The first kappa shape index (κ1) is 32.1. The Morgan fingerprint density at radius 1 is 0.500 bits per heavy atom. The molecule has 0 aliphatic rings. The lowest BCUT2D eigenvalue weighted by Gasteiger charge is -2.31. The Labute approximate surface area is 253 Å². The second-order valence-electron chi connectivity index (χ2n) is 10.7. The molecule has 0 fully saturated rings. The maximum atomic E-state index is 5.97. The molecule has 0 heterocycles. The van der Waals surface area contributed by atoms with E-state index in [1.54, 1.807) is 0 Å². The van der Waals surface area contributed by atoms with Gasteiger partial charge in [0.25, 0.3) is 0 Å². The molecular weight excluding hydrogens is 533 g/mol. The summed E-state index contributed by atoms with van der Waals surface area (Å²) in [5.41, 5.74) is 4.06. The summed E-state index contributed by atoms with van der Waals surface area (Å²) < 4.78 is 13.4. The standard InChI is InChI=1S/C34H48N2O2S2/c1-5-7-9-11-13-15-25-37-29-21-17-27(18-22-29)35(3)31-32(34(40)33(31)39)36(4)28-19-23-30(24-20-28)38-26-16-14-12-10-8-6-2/h17-24H,5-16,25-26H2,1-4H3. The Bertz CT molecular complexity index is 1110. The zero-order chi connectivity index (χ0) is 28.7. The Morgan fingerprint density at radius 3 is 1.18 bits per heavy atom. The third-order valence-corrected chi connectivity index (χ3v) is 8.44. The lowest BCUT2D eigenvalue weighted by molar-refractivity contribution is 0.304. The molecule has 3 aromatic rings. The van der Waals surface area contributed by atoms with Crippen molar-refractivity contribution >= 4 is 47.2 Å². The minimum atomic E-state index is 0.738. The highest BCUT2D eigenvalue weighted by molar-refractivity contribution is 7.74. The highest BCUT2D eigenvalue weighted by Crippen LogP contribution is 2.43. The van der Waals surface area contributed by atoms with Gasteiger partial charge < -0.3 is 19.3 Å². The maximum absolute atomic E-state index is 5.97. The SMILES string of the molecule is CCCCCCCCOc1ccc(N(C)c2c(N(C)c3ccc(OCCCCCCCC)cc3)c(=S)c2=S)cc1. The van der Waals surface area contributed by atoms with E-state index in [1.807, 2.05) is 38.4 Å². The molecule has 0 spiro atoms. The molecule has 0 aliphatic heterocycles. The average Bonchev–Trinajstić information content (AvgIpc) is 2.98. The highest BCUT2D eigenvalue weighted by atomic mass is 32.1. The van der Waals surface area contributed by atoms with Gasteiger partial charge in [-0.3, -0.25) is 0 Å². The van der Waals surface area contributed by atoms with E-state index >= 15 is 0 Å². The number of hydrogen-bond donors (Lipinski definition) is 0. The van der Waals surface area contributed by atoms with Crippen molar-refractivity contribution in [1.82, 2.24) is 0 Å². The molecule has 0 radical (unpaired) electrons. The maximum Gasteiger partial charge on any atom is 0.119 e. The van der Waals surface area contributed by atoms with Crippen molar-refractivity contribution < 1.29 is 9.47 Å². The van der Waals surface area contributed by atoms with Crippen LogP contribution in [0.2, 0.25) is 0 Å². The normalized spacial score (nSPS) is 11.1. The summed E-state index contributed by atoms with van der Waals surface area (Å²) in [4.78, 5) is 4.25. The number of rotatable bonds is 20. The van der Waals surface area contributed by atoms with Crippen molar-refractivity contribution in [2.45, 2.75) is 90.9 Å². The Hall–Kier alpha value is -2.44. The lowest BCUT2D eigenvalue weighted by Crippen LogP contribution is -2.20. The van der Waals surface area contributed by atoms with E-state index in [0.717, 1.165) is 69.3 Å². The van der Waals surface area contributed by atoms with E-state index in [-0.39, 0.29) is 0 Å². The Morgan fingerprint density at radius 2 is 0.825 bits per heavy atom. The van der Waals surface area contributed by atoms with Crippen LogP contribution < -0.4 is 19.3 Å². The van der Waals surface area contributed by atoms with Gasteiger partial charge in [-0.2, -0.15) is 0 Å². The van der Waals surface area contributed by atoms with Crippen LogP contribution in [0.15, 0.2) is 48.5 Å². The predicted octanol–water partition coefficient (Wildman–Crippen LogP) is 11.0. The third kappa shape index (κ3) is 9.31. The second kappa shape index (κ2) is 17.4. The van der Waals surface area contributed by atoms with Crippen molar-refractivity contribution in [3.63, 3.8) is 0 Å². The van der Waals surface area contributed by atoms with Crippen molar-refractivity contribution in [3.05, 3.63) is 57.6 Å². The van der Waals surface area contributed by atoms with E-state index in [2.05, 4.69) is 47.9 Å². The third-order valence-electron chi connectivity index (χ3n) is 7.51. The summed E-state index contributed by atoms with van der Waals surface area (Å²) >= 11 is 11.4. The summed E-state index contributed by atoms with van der Waals surface area (Å²) in [6.45, 7) is 6.03. The van der Waals surface area contributed by atoms with Gasteiger partial charge in [0.15, 0.2) is 0 Å². The van der Waals surface area contributed by atoms with Crippen molar-refractivity contribution in [3.8, 4) is 11.5 Å². The van der Waals surface area contributed by atoms with Crippen molar-refractivity contribution in [1.29, 1.82) is 0 Å². The molecule has 0 aromatic heterocycles. The largest absolute Gasteiger partial charge is 0.494 e. The van der Waals surface area contributed by atoms with Gasteiger partial charge in [0.1, 0.15) is 11.5 Å². The molecule has 0 unspecified atom stereocenters. The quantitative estimate of drug-likeness (QED) is 0.0973. The minimum absolute atomic E-state index is 0.738. The monoisotopic (exact) mass is 580 g/mol. The van der Waals surface area contributed by atoms with Crippen LogP contribution in [-0.4, -0.2) is 27.3 Å². The van der Waals surface area contributed by atoms with Crippen LogP contribution in [0.25, 0.3) is 0 Å². The summed E-state index contributed by atoms with van der Waals surface area (Å²) in [7, 11) is 4.09. The molecular formula is C34H48N2O2S2. The zero-order valence-electron chi connectivity index (χ0n) is 25.0. The minimum Gasteiger partial charge on any atom is -0.494 e. The summed E-state index contributed by atoms with van der Waals surface area (Å²) in [6, 6.07) is 16.5. The molecule has 40 heavy (non-hydrogen) atoms. The Balaban J connectivity index is 1.54. The number of benzene rings is 2. The van der Waals surface area contributed by atoms with Crippen LogP contribution in [0, 0.1) is 9.02 Å². The van der Waals surface area contributed by atoms with Crippen molar-refractivity contribution in [2.24, 2.45) is 0 Å². The Kier molecular flexibility index (Phi) is 13.9. The molecule has 0 aliphatic carbocycles. The molecule has 4 nitrogen and oxygen atoms in total. The van der Waals surface area contributed by atoms with Gasteiger partial charge in [0.2, 0.25) is 0 Å². The number of nitrogens with zero attached hydrogens (tertiary/aromatic N) is 2. The van der Waals surface area contributed by atoms with E-state index in [1.165, 1.54) is 64.2 Å². The van der Waals surface area contributed by atoms with E-state index in [9.17, 15) is 0 Å². The highest BCUT2D eigenvalue weighted by Gasteiger charge is 2.23. The van der Waals surface area contributed by atoms with Gasteiger partial charge >= 0.3 is 0 Å². The molecule has 0 bridgehead atoms. The number of anilines is 4. The van der Waals surface area contributed by atoms with Crippen LogP contribution in [0.5, 0.6) is 11.5 Å². The van der Waals surface area contributed by atoms with Crippen LogP contribution in [0.1, 0.15) is 90.9 Å². The molecule has 0 amide bonds. The van der Waals surface area contributed by atoms with Crippen molar-refractivity contribution in [2.75, 3.05) is 37.1 Å². The van der Waals surface area contributed by atoms with Gasteiger partial charge in [0, 0.05) is 25.5 Å². The molecule has 0 atom stereocenters. The molecule has 3 rings (SSSR count). The van der Waals surface area contributed by atoms with Gasteiger partial charge in [-0.15, -0.1) is 0 Å². The van der Waals surface area contributed by atoms with Crippen LogP contribution in [0.4, 0.5) is 22.7 Å². The second-order valence-corrected chi connectivity index (χ2v) is 11.5. The summed E-state index contributed by atoms with van der Waals surface area (Å²) in [5.74, 6) is 1.81. The topological polar surface area (TPSA) is 24.9 Å². The first-order valence-electron chi connectivity index (χ1n) is 15.2. The van der Waals surface area contributed by atoms with E-state index in [4.69, 9.17) is 33.9 Å². The lowest BCUT2D eigenvalue weighted by atomic mass is 10.1. The zero-order valence-corrected chi connectivity index (χ0v) is 26.7. The molecule has 0 saturated heterocycles. The molecule has 218 valence electrons. The summed E-state index contributed by atoms with van der Waals surface area (Å²) in [5, 5.41) is 0. The first-order chi connectivity index (χ1) is 19.5. The fraction of sp³-hybridized carbons (Fsp3) is 0.529. The van der Waals surface area contributed by atoms with Gasteiger partial charge in [0.05, 0.1) is 33.6 Å². The number of hydrogen-bond acceptors (Lipinski definition) is 6. The van der Waals surface area contributed by atoms with Gasteiger partial charge in [-0.1, -0.05) is 102 Å². The fourth-order valence-corrected chi connectivity index (χ4v) is 5.59. The number of unbranched alkanes of at least 4 members (excludes halogenated alkanes) is 10. The number of ether oxygens (including phenoxy) is 2. The molecule has 6 heteroatoms. The van der Waals surface area contributed by atoms with Gasteiger partial charge in [-0.25, -0.2) is 0 Å². The van der Waals surface area contributed by atoms with E-state index < -0.39 is 0 Å². The summed E-state index contributed by atoms with van der Waals surface area (Å²) in [6.07, 6.45) is 15.2. The fourth-order valence-electron chi connectivity index (χ4n) is 4.92. The molecule has 0 N–H and O–H groups in total. The predicted molar refractivity (Wildman–Crippen MR) is 177 cm³/mol. The molecule has 0 saturated carbocycles. The average molecular weight is 581 g/mol. The van der Waals surface area contributed by atoms with Crippen LogP contribution in [-0.2, 0) is 0 Å². The first-order valence-corrected chi connectivity index (χ1v) is 16.1. The van der Waals surface area contributed by atoms with Crippen LogP contribution in [0.3, 0.4) is 0 Å². The van der Waals surface area contributed by atoms with Gasteiger partial charge in [-0.05, 0) is 61.4 Å². The van der Waals surface area contributed by atoms with E-state index in [0.29, 0.717) is 0 Å². The van der Waals surface area contributed by atoms with Crippen LogP contribution >= 0.6 is 24.4 Å². The smallest absolute Gasteiger partial charge is 0.119 e.